The van der Waals surface area contributed by atoms with Gasteiger partial charge in [-0.05, 0) is 48.5 Å². The first kappa shape index (κ1) is 23.6. The van der Waals surface area contributed by atoms with E-state index in [1.165, 1.54) is 0 Å². The molecule has 1 fully saturated rings. The second-order valence-corrected chi connectivity index (χ2v) is 8.72. The summed E-state index contributed by atoms with van der Waals surface area (Å²) < 4.78 is 11.1. The summed E-state index contributed by atoms with van der Waals surface area (Å²) in [6.45, 7) is 2.19. The summed E-state index contributed by atoms with van der Waals surface area (Å²) in [6, 6.07) is 18.4. The highest BCUT2D eigenvalue weighted by molar-refractivity contribution is 6.30. The lowest BCUT2D eigenvalue weighted by Gasteiger charge is -2.35. The molecule has 0 bridgehead atoms. The highest BCUT2D eigenvalue weighted by Crippen LogP contribution is 2.32. The molecule has 0 saturated carbocycles. The van der Waals surface area contributed by atoms with Crippen LogP contribution in [0.1, 0.15) is 0 Å². The molecule has 5 rings (SSSR count). The largest absolute Gasteiger partial charge is 0.496 e. The van der Waals surface area contributed by atoms with Crippen molar-refractivity contribution in [3.8, 4) is 22.8 Å². The zero-order chi connectivity index (χ0) is 25.1. The van der Waals surface area contributed by atoms with Crippen LogP contribution in [0.25, 0.3) is 22.3 Å². The molecule has 0 spiro atoms. The predicted molar refractivity (Wildman–Crippen MR) is 139 cm³/mol. The summed E-state index contributed by atoms with van der Waals surface area (Å²) in [6.07, 6.45) is 0. The van der Waals surface area contributed by atoms with Crippen LogP contribution < -0.4 is 20.1 Å². The fourth-order valence-electron chi connectivity index (χ4n) is 4.18. The van der Waals surface area contributed by atoms with Gasteiger partial charge in [-0.15, -0.1) is 0 Å². The van der Waals surface area contributed by atoms with Gasteiger partial charge in [0.25, 0.3) is 5.91 Å². The van der Waals surface area contributed by atoms with Gasteiger partial charge in [-0.2, -0.15) is 4.98 Å². The van der Waals surface area contributed by atoms with Crippen molar-refractivity contribution in [2.24, 2.45) is 0 Å². The van der Waals surface area contributed by atoms with E-state index < -0.39 is 0 Å². The number of hydrogen-bond acceptors (Lipinski definition) is 8. The minimum absolute atomic E-state index is 0.0329. The molecule has 2 aromatic heterocycles. The molecule has 0 unspecified atom stereocenters. The van der Waals surface area contributed by atoms with Gasteiger partial charge in [0.05, 0.1) is 18.3 Å². The first-order valence-electron chi connectivity index (χ1n) is 11.5. The summed E-state index contributed by atoms with van der Waals surface area (Å²) in [5, 5.41) is 0.618. The molecule has 2 aromatic carbocycles. The van der Waals surface area contributed by atoms with Crippen LogP contribution in [0.4, 0.5) is 11.8 Å². The smallest absolute Gasteiger partial charge is 0.260 e. The van der Waals surface area contributed by atoms with E-state index in [-0.39, 0.29) is 18.5 Å². The molecule has 3 heterocycles. The zero-order valence-electron chi connectivity index (χ0n) is 19.7. The number of carbonyl (C=O) groups excluding carboxylic acids is 1. The number of anilines is 2. The van der Waals surface area contributed by atoms with Gasteiger partial charge in [0, 0.05) is 36.8 Å². The Bertz CT molecular complexity index is 1390. The van der Waals surface area contributed by atoms with Crippen molar-refractivity contribution >= 4 is 40.3 Å². The maximum absolute atomic E-state index is 12.7. The summed E-state index contributed by atoms with van der Waals surface area (Å²) in [5.74, 6) is 2.09. The number of benzene rings is 2. The second-order valence-electron chi connectivity index (χ2n) is 8.28. The second kappa shape index (κ2) is 10.2. The molecule has 2 N–H and O–H groups in total. The van der Waals surface area contributed by atoms with E-state index in [1.807, 2.05) is 36.4 Å². The Kier molecular flexibility index (Phi) is 6.73. The first-order valence-corrected chi connectivity index (χ1v) is 11.9. The fraction of sp³-hybridized carbons (Fsp3) is 0.231. The molecular formula is C26H25ClN6O3. The van der Waals surface area contributed by atoms with Gasteiger partial charge in [0.1, 0.15) is 17.0 Å². The molecule has 9 nitrogen and oxygen atoms in total. The summed E-state index contributed by atoms with van der Waals surface area (Å²) in [5.41, 5.74) is 8.96. The molecule has 184 valence electrons. The molecular weight excluding hydrogens is 480 g/mol. The molecule has 1 saturated heterocycles. The van der Waals surface area contributed by atoms with Crippen molar-refractivity contribution < 1.29 is 14.3 Å². The lowest BCUT2D eigenvalue weighted by Crippen LogP contribution is -2.50. The third kappa shape index (κ3) is 4.96. The Morgan fingerprint density at radius 2 is 1.72 bits per heavy atom. The molecule has 1 amide bonds. The summed E-state index contributed by atoms with van der Waals surface area (Å²) >= 11 is 5.90. The van der Waals surface area contributed by atoms with Crippen molar-refractivity contribution in [2.75, 3.05) is 50.5 Å². The van der Waals surface area contributed by atoms with Crippen LogP contribution >= 0.6 is 11.6 Å². The number of halogens is 1. The van der Waals surface area contributed by atoms with E-state index in [9.17, 15) is 4.79 Å². The van der Waals surface area contributed by atoms with Crippen LogP contribution in [0.15, 0.2) is 60.7 Å². The standard InChI is InChI=1S/C26H25ClN6O3/c1-35-22-5-3-2-4-19(22)20-10-11-21-24(29-20)25(31-26(28)30-21)33-14-12-32(13-15-33)23(34)16-36-18-8-6-17(27)7-9-18/h2-11H,12-16H2,1H3,(H2,28,30,31). The molecule has 0 radical (unpaired) electrons. The van der Waals surface area contributed by atoms with Gasteiger partial charge in [-0.25, -0.2) is 9.97 Å². The van der Waals surface area contributed by atoms with Crippen molar-refractivity contribution in [2.45, 2.75) is 0 Å². The first-order chi connectivity index (χ1) is 17.5. The number of ether oxygens (including phenoxy) is 2. The molecule has 1 aliphatic heterocycles. The number of fused-ring (bicyclic) bond motifs is 1. The van der Waals surface area contributed by atoms with Crippen LogP contribution in [0.3, 0.4) is 0 Å². The average Bonchev–Trinajstić information content (AvgIpc) is 2.92. The number of hydrogen-bond donors (Lipinski definition) is 1. The number of nitrogens with zero attached hydrogens (tertiary/aromatic N) is 5. The number of rotatable bonds is 6. The quantitative estimate of drug-likeness (QED) is 0.424. The van der Waals surface area contributed by atoms with Crippen LogP contribution in [-0.4, -0.2) is 65.7 Å². The van der Waals surface area contributed by atoms with Crippen LogP contribution in [-0.2, 0) is 4.79 Å². The van der Waals surface area contributed by atoms with Crippen molar-refractivity contribution in [3.05, 3.63) is 65.7 Å². The number of methoxy groups -OCH3 is 1. The number of pyridine rings is 1. The molecule has 36 heavy (non-hydrogen) atoms. The van der Waals surface area contributed by atoms with Crippen molar-refractivity contribution in [1.82, 2.24) is 19.9 Å². The van der Waals surface area contributed by atoms with E-state index in [0.717, 1.165) is 17.0 Å². The summed E-state index contributed by atoms with van der Waals surface area (Å²) in [7, 11) is 1.64. The van der Waals surface area contributed by atoms with E-state index in [2.05, 4.69) is 14.9 Å². The third-order valence-corrected chi connectivity index (χ3v) is 6.28. The van der Waals surface area contributed by atoms with Crippen molar-refractivity contribution in [3.63, 3.8) is 0 Å². The maximum atomic E-state index is 12.7. The maximum Gasteiger partial charge on any atom is 0.260 e. The SMILES string of the molecule is COc1ccccc1-c1ccc2nc(N)nc(N3CCN(C(=O)COc4ccc(Cl)cc4)CC3)c2n1. The van der Waals surface area contributed by atoms with Crippen LogP contribution in [0.2, 0.25) is 5.02 Å². The van der Waals surface area contributed by atoms with E-state index in [4.69, 9.17) is 31.8 Å². The van der Waals surface area contributed by atoms with Gasteiger partial charge < -0.3 is 25.0 Å². The molecule has 10 heteroatoms. The fourth-order valence-corrected chi connectivity index (χ4v) is 4.30. The lowest BCUT2D eigenvalue weighted by atomic mass is 10.1. The minimum atomic E-state index is -0.0757. The lowest BCUT2D eigenvalue weighted by molar-refractivity contribution is -0.133. The summed E-state index contributed by atoms with van der Waals surface area (Å²) in [4.78, 5) is 30.3. The minimum Gasteiger partial charge on any atom is -0.496 e. The monoisotopic (exact) mass is 504 g/mol. The Balaban J connectivity index is 1.32. The molecule has 0 atom stereocenters. The topological polar surface area (TPSA) is 107 Å². The predicted octanol–water partition coefficient (Wildman–Crippen LogP) is 3.66. The van der Waals surface area contributed by atoms with Gasteiger partial charge in [-0.3, -0.25) is 4.79 Å². The van der Waals surface area contributed by atoms with Gasteiger partial charge in [-0.1, -0.05) is 23.7 Å². The third-order valence-electron chi connectivity index (χ3n) is 6.03. The Morgan fingerprint density at radius 1 is 0.972 bits per heavy atom. The number of piperazine rings is 1. The van der Waals surface area contributed by atoms with Gasteiger partial charge >= 0.3 is 0 Å². The molecule has 4 aromatic rings. The Morgan fingerprint density at radius 3 is 2.47 bits per heavy atom. The zero-order valence-corrected chi connectivity index (χ0v) is 20.5. The Hall–Kier alpha value is -4.11. The number of amides is 1. The number of nitrogen functional groups attached to an aromatic ring is 1. The molecule has 1 aliphatic rings. The van der Waals surface area contributed by atoms with Crippen LogP contribution in [0.5, 0.6) is 11.5 Å². The number of para-hydroxylation sites is 1. The van der Waals surface area contributed by atoms with Gasteiger partial charge in [0.15, 0.2) is 12.4 Å². The number of nitrogens with two attached hydrogens (primary N) is 1. The number of carbonyl (C=O) groups is 1. The van der Waals surface area contributed by atoms with E-state index in [1.54, 1.807) is 36.3 Å². The average molecular weight is 505 g/mol. The van der Waals surface area contributed by atoms with E-state index in [0.29, 0.717) is 53.8 Å². The normalized spacial score (nSPS) is 13.6. The highest BCUT2D eigenvalue weighted by Gasteiger charge is 2.25. The van der Waals surface area contributed by atoms with Crippen LogP contribution in [0, 0.1) is 0 Å². The van der Waals surface area contributed by atoms with Gasteiger partial charge in [0.2, 0.25) is 5.95 Å². The van der Waals surface area contributed by atoms with E-state index >= 15 is 0 Å². The molecule has 0 aliphatic carbocycles. The Labute approximate surface area is 213 Å². The highest BCUT2D eigenvalue weighted by atomic mass is 35.5. The van der Waals surface area contributed by atoms with Crippen molar-refractivity contribution in [1.29, 1.82) is 0 Å². The number of aromatic nitrogens is 3.